The van der Waals surface area contributed by atoms with Crippen molar-refractivity contribution in [2.24, 2.45) is 5.92 Å². The Morgan fingerprint density at radius 1 is 1.07 bits per heavy atom. The molecule has 220 valence electrons. The molecule has 2 amide bonds. The van der Waals surface area contributed by atoms with Crippen LogP contribution in [0.4, 0.5) is 18.0 Å². The van der Waals surface area contributed by atoms with E-state index < -0.39 is 17.5 Å². The van der Waals surface area contributed by atoms with Gasteiger partial charge in [0, 0.05) is 50.3 Å². The molecule has 10 heteroatoms. The van der Waals surface area contributed by atoms with Crippen LogP contribution in [0.3, 0.4) is 0 Å². The largest absolute Gasteiger partial charge is 0.444 e. The summed E-state index contributed by atoms with van der Waals surface area (Å²) in [6, 6.07) is 11.2. The van der Waals surface area contributed by atoms with E-state index in [4.69, 9.17) is 4.74 Å². The fourth-order valence-corrected chi connectivity index (χ4v) is 6.24. The molecule has 0 saturated carbocycles. The maximum atomic E-state index is 13.3. The zero-order valence-electron chi connectivity index (χ0n) is 24.2. The third-order valence-corrected chi connectivity index (χ3v) is 8.24. The average Bonchev–Trinajstić information content (AvgIpc) is 3.41. The van der Waals surface area contributed by atoms with Crippen LogP contribution in [-0.2, 0) is 16.3 Å². The highest BCUT2D eigenvalue weighted by atomic mass is 19.4. The van der Waals surface area contributed by atoms with Gasteiger partial charge in [0.1, 0.15) is 11.3 Å². The number of aryl methyl sites for hydroxylation is 2. The first-order chi connectivity index (χ1) is 19.1. The molecular formula is C31H37F3N4O3. The summed E-state index contributed by atoms with van der Waals surface area (Å²) in [4.78, 5) is 35.4. The molecule has 2 saturated heterocycles. The van der Waals surface area contributed by atoms with E-state index in [1.54, 1.807) is 9.80 Å². The Bertz CT molecular complexity index is 1340. The number of alkyl halides is 3. The van der Waals surface area contributed by atoms with E-state index in [-0.39, 0.29) is 40.2 Å². The van der Waals surface area contributed by atoms with Gasteiger partial charge in [-0.15, -0.1) is 0 Å². The number of ether oxygens (including phenoxy) is 1. The Morgan fingerprint density at radius 2 is 1.76 bits per heavy atom. The van der Waals surface area contributed by atoms with Crippen LogP contribution in [0.5, 0.6) is 0 Å². The summed E-state index contributed by atoms with van der Waals surface area (Å²) in [6.07, 6.45) is -2.10. The zero-order valence-corrected chi connectivity index (χ0v) is 24.2. The number of benzene rings is 1. The number of carbonyl (C=O) groups excluding carboxylic acids is 2. The normalized spacial score (nSPS) is 20.5. The van der Waals surface area contributed by atoms with Gasteiger partial charge >= 0.3 is 12.3 Å². The smallest absolute Gasteiger partial charge is 0.433 e. The lowest BCUT2D eigenvalue weighted by Crippen LogP contribution is -2.62. The second-order valence-corrected chi connectivity index (χ2v) is 12.6. The van der Waals surface area contributed by atoms with E-state index in [0.717, 1.165) is 37.7 Å². The van der Waals surface area contributed by atoms with Crippen LogP contribution in [0.2, 0.25) is 0 Å². The number of aromatic nitrogens is 1. The van der Waals surface area contributed by atoms with Gasteiger partial charge in [-0.3, -0.25) is 9.69 Å². The molecule has 1 unspecified atom stereocenters. The standard InChI is InChI=1S/C31H37F3N4O3/c1-20-13-25(31(32,33)34)35-21(2)26(20)27(39)37-16-22-14-36(15-23(22)17-37)12-11-30(24-9-7-6-8-10-24)18-38(19-30)28(40)41-29(3,4)5/h6-10,13,16,23H,11-12,14-15,17-19H2,1-5H3. The van der Waals surface area contributed by atoms with Crippen LogP contribution in [-0.4, -0.2) is 76.6 Å². The van der Waals surface area contributed by atoms with Crippen molar-refractivity contribution in [3.8, 4) is 0 Å². The highest BCUT2D eigenvalue weighted by Crippen LogP contribution is 2.40. The third kappa shape index (κ3) is 5.98. The van der Waals surface area contributed by atoms with Crippen LogP contribution in [0.25, 0.3) is 0 Å². The molecular weight excluding hydrogens is 533 g/mol. The molecule has 1 aromatic carbocycles. The van der Waals surface area contributed by atoms with Gasteiger partial charge in [0.25, 0.3) is 5.91 Å². The van der Waals surface area contributed by atoms with E-state index in [1.807, 2.05) is 45.2 Å². The molecule has 0 spiro atoms. The summed E-state index contributed by atoms with van der Waals surface area (Å²) in [5.74, 6) is -0.122. The lowest BCUT2D eigenvalue weighted by molar-refractivity contribution is -0.141. The summed E-state index contributed by atoms with van der Waals surface area (Å²) in [5.41, 5.74) is 1.31. The number of hydrogen-bond acceptors (Lipinski definition) is 5. The monoisotopic (exact) mass is 570 g/mol. The predicted molar refractivity (Wildman–Crippen MR) is 148 cm³/mol. The minimum Gasteiger partial charge on any atom is -0.444 e. The molecule has 0 bridgehead atoms. The molecule has 1 atom stereocenters. The lowest BCUT2D eigenvalue weighted by Gasteiger charge is -2.51. The van der Waals surface area contributed by atoms with E-state index in [9.17, 15) is 22.8 Å². The third-order valence-electron chi connectivity index (χ3n) is 8.24. The van der Waals surface area contributed by atoms with Gasteiger partial charge in [-0.1, -0.05) is 30.3 Å². The predicted octanol–water partition coefficient (Wildman–Crippen LogP) is 5.57. The summed E-state index contributed by atoms with van der Waals surface area (Å²) in [6.45, 7) is 12.7. The Hall–Kier alpha value is -3.40. The van der Waals surface area contributed by atoms with Crippen molar-refractivity contribution >= 4 is 12.0 Å². The molecule has 0 aliphatic carbocycles. The van der Waals surface area contributed by atoms with E-state index in [1.165, 1.54) is 19.4 Å². The van der Waals surface area contributed by atoms with Crippen molar-refractivity contribution in [3.05, 3.63) is 76.2 Å². The van der Waals surface area contributed by atoms with Gasteiger partial charge in [-0.25, -0.2) is 9.78 Å². The molecule has 5 rings (SSSR count). The average molecular weight is 571 g/mol. The molecule has 7 nitrogen and oxygen atoms in total. The molecule has 4 heterocycles. The Labute approximate surface area is 239 Å². The lowest BCUT2D eigenvalue weighted by atomic mass is 9.71. The Morgan fingerprint density at radius 3 is 2.34 bits per heavy atom. The van der Waals surface area contributed by atoms with Crippen LogP contribution in [0.15, 0.2) is 48.2 Å². The minimum atomic E-state index is -4.56. The maximum absolute atomic E-state index is 13.3. The Kier molecular flexibility index (Phi) is 7.42. The second kappa shape index (κ2) is 10.5. The molecule has 0 radical (unpaired) electrons. The fraction of sp³-hybridized carbons (Fsp3) is 0.516. The summed E-state index contributed by atoms with van der Waals surface area (Å²) in [7, 11) is 0. The maximum Gasteiger partial charge on any atom is 0.433 e. The van der Waals surface area contributed by atoms with Crippen molar-refractivity contribution in [2.75, 3.05) is 39.3 Å². The number of likely N-dealkylation sites (tertiary alicyclic amines) is 2. The fourth-order valence-electron chi connectivity index (χ4n) is 6.24. The number of rotatable bonds is 5. The number of pyridine rings is 1. The van der Waals surface area contributed by atoms with E-state index >= 15 is 0 Å². The first-order valence-electron chi connectivity index (χ1n) is 14.0. The van der Waals surface area contributed by atoms with Gasteiger partial charge < -0.3 is 14.5 Å². The van der Waals surface area contributed by atoms with Gasteiger partial charge in [0.05, 0.1) is 11.3 Å². The van der Waals surface area contributed by atoms with Crippen molar-refractivity contribution in [1.29, 1.82) is 0 Å². The SMILES string of the molecule is Cc1cc(C(F)(F)F)nc(C)c1C(=O)N1C=C2CN(CCC3(c4ccccc4)CN(C(=O)OC(C)(C)C)C3)CC2C1. The highest BCUT2D eigenvalue weighted by molar-refractivity contribution is 5.97. The number of carbonyl (C=O) groups is 2. The van der Waals surface area contributed by atoms with Crippen LogP contribution >= 0.6 is 0 Å². The molecule has 2 fully saturated rings. The zero-order chi connectivity index (χ0) is 29.7. The van der Waals surface area contributed by atoms with Gasteiger partial charge in [-0.05, 0) is 70.4 Å². The summed E-state index contributed by atoms with van der Waals surface area (Å²) in [5, 5.41) is 0. The van der Waals surface area contributed by atoms with E-state index in [0.29, 0.717) is 19.6 Å². The molecule has 3 aliphatic rings. The number of hydrogen-bond donors (Lipinski definition) is 0. The molecule has 3 aliphatic heterocycles. The number of amides is 2. The van der Waals surface area contributed by atoms with Crippen molar-refractivity contribution in [3.63, 3.8) is 0 Å². The van der Waals surface area contributed by atoms with Crippen molar-refractivity contribution in [2.45, 2.75) is 58.2 Å². The molecule has 1 aromatic heterocycles. The highest BCUT2D eigenvalue weighted by Gasteiger charge is 2.48. The Balaban J connectivity index is 1.23. The number of halogens is 3. The van der Waals surface area contributed by atoms with Crippen molar-refractivity contribution in [1.82, 2.24) is 19.7 Å². The summed E-state index contributed by atoms with van der Waals surface area (Å²) >= 11 is 0. The first-order valence-corrected chi connectivity index (χ1v) is 14.0. The summed E-state index contributed by atoms with van der Waals surface area (Å²) < 4.78 is 45.0. The van der Waals surface area contributed by atoms with E-state index in [2.05, 4.69) is 22.0 Å². The topological polar surface area (TPSA) is 66.0 Å². The van der Waals surface area contributed by atoms with Crippen LogP contribution in [0, 0.1) is 19.8 Å². The first kappa shape index (κ1) is 29.1. The van der Waals surface area contributed by atoms with Gasteiger partial charge in [0.15, 0.2) is 0 Å². The quantitative estimate of drug-likeness (QED) is 0.471. The van der Waals surface area contributed by atoms with Gasteiger partial charge in [-0.2, -0.15) is 13.2 Å². The van der Waals surface area contributed by atoms with Crippen LogP contribution < -0.4 is 0 Å². The molecule has 0 N–H and O–H groups in total. The molecule has 2 aromatic rings. The van der Waals surface area contributed by atoms with Crippen molar-refractivity contribution < 1.29 is 27.5 Å². The van der Waals surface area contributed by atoms with Crippen LogP contribution in [0.1, 0.15) is 60.1 Å². The number of fused-ring (bicyclic) bond motifs is 1. The minimum absolute atomic E-state index is 0.0894. The number of nitrogens with zero attached hydrogens (tertiary/aromatic N) is 4. The molecule has 41 heavy (non-hydrogen) atoms. The second-order valence-electron chi connectivity index (χ2n) is 12.6. The van der Waals surface area contributed by atoms with Gasteiger partial charge in [0.2, 0.25) is 0 Å².